The number of hydrogen-bond donors (Lipinski definition) is 2. The largest absolute Gasteiger partial charge is 0.401 e. The minimum absolute atomic E-state index is 0.128. The second-order valence-corrected chi connectivity index (χ2v) is 10.5. The van der Waals surface area contributed by atoms with Crippen LogP contribution in [0.1, 0.15) is 23.7 Å². The van der Waals surface area contributed by atoms with Crippen molar-refractivity contribution in [3.63, 3.8) is 0 Å². The summed E-state index contributed by atoms with van der Waals surface area (Å²) in [7, 11) is 0. The van der Waals surface area contributed by atoms with Crippen molar-refractivity contribution in [2.24, 2.45) is 0 Å². The van der Waals surface area contributed by atoms with E-state index in [1.807, 2.05) is 68.4 Å². The lowest BCUT2D eigenvalue weighted by Crippen LogP contribution is -2.53. The second kappa shape index (κ2) is 8.83. The molecule has 0 radical (unpaired) electrons. The number of aromatic nitrogens is 3. The first kappa shape index (κ1) is 24.4. The van der Waals surface area contributed by atoms with Crippen LogP contribution in [-0.4, -0.2) is 62.9 Å². The Balaban J connectivity index is 1.38. The summed E-state index contributed by atoms with van der Waals surface area (Å²) in [6.07, 6.45) is -2.58. The van der Waals surface area contributed by atoms with Gasteiger partial charge in [-0.2, -0.15) is 18.3 Å². The molecule has 2 aromatic carbocycles. The molecule has 0 unspecified atom stereocenters. The molecular formula is C28H27F3N6O. The predicted molar refractivity (Wildman–Crippen MR) is 139 cm³/mol. The van der Waals surface area contributed by atoms with E-state index < -0.39 is 24.2 Å². The molecule has 2 aromatic heterocycles. The number of rotatable bonds is 4. The van der Waals surface area contributed by atoms with Gasteiger partial charge in [-0.3, -0.25) is 15.0 Å². The quantitative estimate of drug-likeness (QED) is 0.373. The molecule has 10 heteroatoms. The Morgan fingerprint density at radius 3 is 2.66 bits per heavy atom. The Labute approximate surface area is 217 Å². The van der Waals surface area contributed by atoms with Crippen molar-refractivity contribution in [2.75, 3.05) is 25.0 Å². The summed E-state index contributed by atoms with van der Waals surface area (Å²) in [5.74, 6) is 0. The van der Waals surface area contributed by atoms with Gasteiger partial charge >= 0.3 is 12.2 Å². The Kier molecular flexibility index (Phi) is 5.68. The molecule has 2 aliphatic heterocycles. The number of benzene rings is 2. The molecule has 2 N–H and O–H groups in total. The average molecular weight is 521 g/mol. The smallest absolute Gasteiger partial charge is 0.315 e. The number of likely N-dealkylation sites (tertiary alicyclic amines) is 1. The summed E-state index contributed by atoms with van der Waals surface area (Å²) in [5, 5.41) is 11.4. The topological polar surface area (TPSA) is 77.2 Å². The van der Waals surface area contributed by atoms with E-state index in [0.29, 0.717) is 5.69 Å². The van der Waals surface area contributed by atoms with Gasteiger partial charge in [-0.15, -0.1) is 0 Å². The summed E-state index contributed by atoms with van der Waals surface area (Å²) in [6, 6.07) is 16.5. The first-order valence-corrected chi connectivity index (χ1v) is 12.5. The van der Waals surface area contributed by atoms with Gasteiger partial charge in [0.05, 0.1) is 18.1 Å². The molecule has 1 fully saturated rings. The van der Waals surface area contributed by atoms with Crippen LogP contribution in [0.3, 0.4) is 0 Å². The second-order valence-electron chi connectivity index (χ2n) is 10.5. The lowest BCUT2D eigenvalue weighted by atomic mass is 9.77. The van der Waals surface area contributed by atoms with Gasteiger partial charge < -0.3 is 10.2 Å². The van der Waals surface area contributed by atoms with Crippen LogP contribution in [0.2, 0.25) is 0 Å². The van der Waals surface area contributed by atoms with Crippen molar-refractivity contribution in [1.82, 2.24) is 25.0 Å². The number of halogens is 3. The predicted octanol–water partition coefficient (Wildman–Crippen LogP) is 5.49. The van der Waals surface area contributed by atoms with Crippen LogP contribution in [-0.2, 0) is 12.0 Å². The zero-order valence-electron chi connectivity index (χ0n) is 21.0. The van der Waals surface area contributed by atoms with Crippen LogP contribution >= 0.6 is 0 Å². The van der Waals surface area contributed by atoms with Gasteiger partial charge in [-0.05, 0) is 42.3 Å². The number of amides is 2. The molecule has 0 spiro atoms. The molecule has 0 aliphatic carbocycles. The Hall–Kier alpha value is -3.92. The van der Waals surface area contributed by atoms with E-state index in [-0.39, 0.29) is 25.7 Å². The van der Waals surface area contributed by atoms with Crippen molar-refractivity contribution >= 4 is 22.6 Å². The van der Waals surface area contributed by atoms with Crippen LogP contribution in [0.4, 0.5) is 23.7 Å². The number of carbonyl (C=O) groups is 1. The van der Waals surface area contributed by atoms with E-state index in [0.717, 1.165) is 39.0 Å². The number of aromatic amines is 1. The minimum atomic E-state index is -4.32. The van der Waals surface area contributed by atoms with E-state index in [1.165, 1.54) is 4.90 Å². The fraction of sp³-hybridized carbons (Fsp3) is 0.321. The summed E-state index contributed by atoms with van der Waals surface area (Å²) >= 11 is 0. The van der Waals surface area contributed by atoms with Crippen molar-refractivity contribution in [3.05, 3.63) is 77.6 Å². The SMILES string of the molecule is Cc1cc(-c2n[nH]c3cc4c(cc23)CN([C@@H]2CN(CC(F)(F)F)C[C@@]2(C)c2ccccc2)C(=O)N4)ccn1. The molecule has 2 aliphatic rings. The molecule has 4 aromatic rings. The molecule has 2 atom stereocenters. The number of aryl methyl sites for hydroxylation is 1. The molecule has 1 saturated heterocycles. The minimum Gasteiger partial charge on any atom is -0.315 e. The number of anilines is 1. The van der Waals surface area contributed by atoms with Gasteiger partial charge in [0.15, 0.2) is 0 Å². The van der Waals surface area contributed by atoms with Gasteiger partial charge in [0.25, 0.3) is 0 Å². The molecule has 0 bridgehead atoms. The van der Waals surface area contributed by atoms with E-state index in [1.54, 1.807) is 11.1 Å². The monoisotopic (exact) mass is 520 g/mol. The summed E-state index contributed by atoms with van der Waals surface area (Å²) in [5.41, 5.74) is 5.16. The number of urea groups is 1. The highest BCUT2D eigenvalue weighted by Gasteiger charge is 2.51. The van der Waals surface area contributed by atoms with Crippen molar-refractivity contribution in [1.29, 1.82) is 0 Å². The number of nitrogens with one attached hydrogen (secondary N) is 2. The third kappa shape index (κ3) is 4.28. The fourth-order valence-corrected chi connectivity index (χ4v) is 5.96. The highest BCUT2D eigenvalue weighted by molar-refractivity contribution is 6.00. The molecular weight excluding hydrogens is 493 g/mol. The highest BCUT2D eigenvalue weighted by Crippen LogP contribution is 2.41. The van der Waals surface area contributed by atoms with E-state index in [2.05, 4.69) is 20.5 Å². The fourth-order valence-electron chi connectivity index (χ4n) is 5.96. The molecule has 4 heterocycles. The molecule has 7 nitrogen and oxygen atoms in total. The maximum absolute atomic E-state index is 13.4. The van der Waals surface area contributed by atoms with Crippen LogP contribution in [0.5, 0.6) is 0 Å². The number of nitrogens with zero attached hydrogens (tertiary/aromatic N) is 4. The number of alkyl halides is 3. The van der Waals surface area contributed by atoms with E-state index in [9.17, 15) is 18.0 Å². The number of H-pyrrole nitrogens is 1. The Bertz CT molecular complexity index is 1520. The third-order valence-electron chi connectivity index (χ3n) is 7.73. The molecule has 2 amide bonds. The number of fused-ring (bicyclic) bond motifs is 2. The Morgan fingerprint density at radius 1 is 1.13 bits per heavy atom. The normalized spacial score (nSPS) is 22.1. The lowest BCUT2D eigenvalue weighted by molar-refractivity contribution is -0.144. The maximum atomic E-state index is 13.4. The maximum Gasteiger partial charge on any atom is 0.401 e. The van der Waals surface area contributed by atoms with Crippen molar-refractivity contribution in [2.45, 2.75) is 38.0 Å². The van der Waals surface area contributed by atoms with Gasteiger partial charge in [-0.25, -0.2) is 4.79 Å². The van der Waals surface area contributed by atoms with E-state index >= 15 is 0 Å². The van der Waals surface area contributed by atoms with Crippen LogP contribution in [0, 0.1) is 6.92 Å². The molecule has 0 saturated carbocycles. The van der Waals surface area contributed by atoms with Crippen molar-refractivity contribution < 1.29 is 18.0 Å². The molecule has 196 valence electrons. The first-order chi connectivity index (χ1) is 18.1. The van der Waals surface area contributed by atoms with Crippen LogP contribution < -0.4 is 5.32 Å². The number of carbonyl (C=O) groups excluding carboxylic acids is 1. The summed E-state index contributed by atoms with van der Waals surface area (Å²) in [6.45, 7) is 3.47. The average Bonchev–Trinajstić information content (AvgIpc) is 3.42. The van der Waals surface area contributed by atoms with Gasteiger partial charge in [-0.1, -0.05) is 37.3 Å². The van der Waals surface area contributed by atoms with Gasteiger partial charge in [0.1, 0.15) is 5.69 Å². The zero-order valence-corrected chi connectivity index (χ0v) is 21.0. The summed E-state index contributed by atoms with van der Waals surface area (Å²) in [4.78, 5) is 20.8. The van der Waals surface area contributed by atoms with Gasteiger partial charge in [0.2, 0.25) is 0 Å². The van der Waals surface area contributed by atoms with Gasteiger partial charge in [0, 0.05) is 53.6 Å². The number of pyridine rings is 1. The van der Waals surface area contributed by atoms with Crippen LogP contribution in [0.25, 0.3) is 22.2 Å². The number of hydrogen-bond acceptors (Lipinski definition) is 4. The van der Waals surface area contributed by atoms with E-state index in [4.69, 9.17) is 0 Å². The zero-order chi connectivity index (χ0) is 26.7. The standard InChI is InChI=1S/C28H27F3N6O/c1-17-10-18(8-9-32-17)25-21-11-19-13-37(26(38)33-22(19)12-23(21)34-35-25)24-14-36(16-28(29,30)31)15-27(24,2)20-6-4-3-5-7-20/h3-12,24H,13-16H2,1-2H3,(H,33,38)(H,34,35)/t24-,27+/m1/s1. The molecule has 38 heavy (non-hydrogen) atoms. The Morgan fingerprint density at radius 2 is 1.92 bits per heavy atom. The highest BCUT2D eigenvalue weighted by atomic mass is 19.4. The summed E-state index contributed by atoms with van der Waals surface area (Å²) < 4.78 is 40.1. The molecule has 6 rings (SSSR count). The van der Waals surface area contributed by atoms with Crippen molar-refractivity contribution in [3.8, 4) is 11.3 Å². The first-order valence-electron chi connectivity index (χ1n) is 12.5. The third-order valence-corrected chi connectivity index (χ3v) is 7.73. The van der Waals surface area contributed by atoms with Crippen LogP contribution in [0.15, 0.2) is 60.8 Å². The lowest BCUT2D eigenvalue weighted by Gasteiger charge is -2.41.